The average molecular weight is 367 g/mol. The van der Waals surface area contributed by atoms with Gasteiger partial charge in [0.05, 0.1) is 26.0 Å². The van der Waals surface area contributed by atoms with E-state index < -0.39 is 0 Å². The smallest absolute Gasteiger partial charge is 0.289 e. The number of ether oxygens (including phenoxy) is 1. The molecule has 120 valence electrons. The van der Waals surface area contributed by atoms with Crippen molar-refractivity contribution in [2.24, 2.45) is 4.99 Å². The van der Waals surface area contributed by atoms with Crippen molar-refractivity contribution in [1.82, 2.24) is 4.57 Å². The molecule has 0 bridgehead atoms. The summed E-state index contributed by atoms with van der Waals surface area (Å²) in [5.41, 5.74) is 2.26. The van der Waals surface area contributed by atoms with Crippen molar-refractivity contribution in [1.29, 1.82) is 0 Å². The number of carbonyl (C=O) groups is 1. The zero-order valence-corrected chi connectivity index (χ0v) is 15.1. The number of hydrogen-bond donors (Lipinski definition) is 0. The Hall–Kier alpha value is -1.47. The molecule has 0 N–H and O–H groups in total. The number of nitrogens with zero attached hydrogens (tertiary/aromatic N) is 2. The largest absolute Gasteiger partial charge is 0.383 e. The SMILES string of the molecule is COCCn1c(=NC(=O)c2ccc(Cl)s2)sc2cccc(C)c21. The molecule has 0 saturated carbocycles. The van der Waals surface area contributed by atoms with Crippen LogP contribution >= 0.6 is 34.3 Å². The van der Waals surface area contributed by atoms with Crippen LogP contribution < -0.4 is 4.80 Å². The normalized spacial score (nSPS) is 12.2. The van der Waals surface area contributed by atoms with E-state index >= 15 is 0 Å². The molecule has 0 unspecified atom stereocenters. The van der Waals surface area contributed by atoms with E-state index in [0.717, 1.165) is 15.8 Å². The molecule has 1 amide bonds. The Balaban J connectivity index is 2.14. The van der Waals surface area contributed by atoms with Crippen molar-refractivity contribution in [2.75, 3.05) is 13.7 Å². The summed E-state index contributed by atoms with van der Waals surface area (Å²) in [7, 11) is 1.66. The van der Waals surface area contributed by atoms with E-state index in [-0.39, 0.29) is 5.91 Å². The number of rotatable bonds is 4. The third-order valence-electron chi connectivity index (χ3n) is 3.40. The number of thiazole rings is 1. The molecular formula is C16H15ClN2O2S2. The fourth-order valence-electron chi connectivity index (χ4n) is 2.35. The van der Waals surface area contributed by atoms with Gasteiger partial charge in [-0.15, -0.1) is 11.3 Å². The van der Waals surface area contributed by atoms with Crippen LogP contribution in [0, 0.1) is 6.92 Å². The lowest BCUT2D eigenvalue weighted by Crippen LogP contribution is -2.19. The van der Waals surface area contributed by atoms with Gasteiger partial charge in [-0.2, -0.15) is 4.99 Å². The minimum absolute atomic E-state index is 0.266. The molecule has 4 nitrogen and oxygen atoms in total. The quantitative estimate of drug-likeness (QED) is 0.697. The Morgan fingerprint density at radius 2 is 2.13 bits per heavy atom. The van der Waals surface area contributed by atoms with Gasteiger partial charge >= 0.3 is 0 Å². The Morgan fingerprint density at radius 1 is 1.30 bits per heavy atom. The first-order valence-corrected chi connectivity index (χ1v) is 9.03. The Bertz CT molecular complexity index is 924. The first kappa shape index (κ1) is 16.4. The summed E-state index contributed by atoms with van der Waals surface area (Å²) >= 11 is 8.65. The molecule has 7 heteroatoms. The average Bonchev–Trinajstić information content (AvgIpc) is 3.10. The number of thiophene rings is 1. The predicted molar refractivity (Wildman–Crippen MR) is 95.7 cm³/mol. The highest BCUT2D eigenvalue weighted by atomic mass is 35.5. The van der Waals surface area contributed by atoms with Crippen molar-refractivity contribution < 1.29 is 9.53 Å². The zero-order chi connectivity index (χ0) is 16.4. The van der Waals surface area contributed by atoms with Crippen LogP contribution in [-0.4, -0.2) is 24.2 Å². The molecule has 2 aromatic heterocycles. The molecule has 0 fully saturated rings. The standard InChI is InChI=1S/C16H15ClN2O2S2/c1-10-4-3-5-11-14(10)19(8-9-21-2)16(23-11)18-15(20)12-6-7-13(17)22-12/h3-7H,8-9H2,1-2H3. The molecule has 2 heterocycles. The third kappa shape index (κ3) is 3.40. The van der Waals surface area contributed by atoms with Crippen LogP contribution in [0.15, 0.2) is 35.3 Å². The molecule has 0 aliphatic carbocycles. The van der Waals surface area contributed by atoms with Gasteiger partial charge in [0.15, 0.2) is 4.80 Å². The second-order valence-corrected chi connectivity index (χ2v) is 7.70. The molecule has 0 saturated heterocycles. The molecule has 3 aromatic rings. The van der Waals surface area contributed by atoms with Crippen LogP contribution in [0.3, 0.4) is 0 Å². The first-order chi connectivity index (χ1) is 11.1. The van der Waals surface area contributed by atoms with Gasteiger partial charge in [0.1, 0.15) is 0 Å². The lowest BCUT2D eigenvalue weighted by atomic mass is 10.2. The second kappa shape index (κ2) is 6.97. The summed E-state index contributed by atoms with van der Waals surface area (Å²) in [6.07, 6.45) is 0. The van der Waals surface area contributed by atoms with Gasteiger partial charge in [-0.25, -0.2) is 0 Å². The summed E-state index contributed by atoms with van der Waals surface area (Å²) in [4.78, 5) is 17.9. The monoisotopic (exact) mass is 366 g/mol. The second-order valence-electron chi connectivity index (χ2n) is 4.97. The van der Waals surface area contributed by atoms with E-state index in [9.17, 15) is 4.79 Å². The van der Waals surface area contributed by atoms with Crippen molar-refractivity contribution >= 4 is 50.4 Å². The highest BCUT2D eigenvalue weighted by molar-refractivity contribution is 7.18. The van der Waals surface area contributed by atoms with Crippen LogP contribution in [0.1, 0.15) is 15.2 Å². The van der Waals surface area contributed by atoms with E-state index in [1.807, 2.05) is 16.7 Å². The van der Waals surface area contributed by atoms with Gasteiger partial charge in [-0.3, -0.25) is 4.79 Å². The number of methoxy groups -OCH3 is 1. The molecule has 0 radical (unpaired) electrons. The Morgan fingerprint density at radius 3 is 2.83 bits per heavy atom. The lowest BCUT2D eigenvalue weighted by molar-refractivity contribution is 0.100. The van der Waals surface area contributed by atoms with Crippen LogP contribution in [0.4, 0.5) is 0 Å². The predicted octanol–water partition coefficient (Wildman–Crippen LogP) is 4.11. The molecular weight excluding hydrogens is 352 g/mol. The fourth-order valence-corrected chi connectivity index (χ4v) is 4.41. The van der Waals surface area contributed by atoms with Crippen LogP contribution in [0.2, 0.25) is 4.34 Å². The summed E-state index contributed by atoms with van der Waals surface area (Å²) in [6, 6.07) is 9.53. The summed E-state index contributed by atoms with van der Waals surface area (Å²) < 4.78 is 8.94. The van der Waals surface area contributed by atoms with Gasteiger partial charge < -0.3 is 9.30 Å². The van der Waals surface area contributed by atoms with Crippen molar-refractivity contribution in [3.05, 3.63) is 49.9 Å². The summed E-state index contributed by atoms with van der Waals surface area (Å²) in [5.74, 6) is -0.266. The maximum Gasteiger partial charge on any atom is 0.289 e. The van der Waals surface area contributed by atoms with Gasteiger partial charge in [0.25, 0.3) is 5.91 Å². The highest BCUT2D eigenvalue weighted by Gasteiger charge is 2.12. The first-order valence-electron chi connectivity index (χ1n) is 7.02. The number of amides is 1. The maximum absolute atomic E-state index is 12.4. The number of aromatic nitrogens is 1. The number of hydrogen-bond acceptors (Lipinski definition) is 4. The Labute approximate surface area is 146 Å². The summed E-state index contributed by atoms with van der Waals surface area (Å²) in [5, 5.41) is 0. The van der Waals surface area contributed by atoms with Crippen LogP contribution in [-0.2, 0) is 11.3 Å². The number of halogens is 1. The Kier molecular flexibility index (Phi) is 4.96. The molecule has 3 rings (SSSR count). The minimum atomic E-state index is -0.266. The van der Waals surface area contributed by atoms with Crippen molar-refractivity contribution in [2.45, 2.75) is 13.5 Å². The number of para-hydroxylation sites is 1. The molecule has 0 spiro atoms. The lowest BCUT2D eigenvalue weighted by Gasteiger charge is -2.06. The highest BCUT2D eigenvalue weighted by Crippen LogP contribution is 2.23. The number of carbonyl (C=O) groups excluding carboxylic acids is 1. The zero-order valence-electron chi connectivity index (χ0n) is 12.7. The molecule has 0 aliphatic heterocycles. The van der Waals surface area contributed by atoms with E-state index in [1.54, 1.807) is 19.2 Å². The van der Waals surface area contributed by atoms with Crippen molar-refractivity contribution in [3.63, 3.8) is 0 Å². The van der Waals surface area contributed by atoms with Gasteiger partial charge in [-0.1, -0.05) is 35.1 Å². The van der Waals surface area contributed by atoms with E-state index in [2.05, 4.69) is 18.0 Å². The van der Waals surface area contributed by atoms with Crippen LogP contribution in [0.25, 0.3) is 10.2 Å². The molecule has 1 aromatic carbocycles. The third-order valence-corrected chi connectivity index (χ3v) is 5.67. The summed E-state index contributed by atoms with van der Waals surface area (Å²) in [6.45, 7) is 3.27. The number of benzene rings is 1. The van der Waals surface area contributed by atoms with Gasteiger partial charge in [0, 0.05) is 13.7 Å². The van der Waals surface area contributed by atoms with E-state index in [0.29, 0.717) is 27.2 Å². The van der Waals surface area contributed by atoms with Crippen LogP contribution in [0.5, 0.6) is 0 Å². The number of fused-ring (bicyclic) bond motifs is 1. The topological polar surface area (TPSA) is 43.6 Å². The van der Waals surface area contributed by atoms with Crippen molar-refractivity contribution in [3.8, 4) is 0 Å². The minimum Gasteiger partial charge on any atom is -0.383 e. The van der Waals surface area contributed by atoms with Gasteiger partial charge in [0.2, 0.25) is 0 Å². The fraction of sp³-hybridized carbons (Fsp3) is 0.250. The van der Waals surface area contributed by atoms with Gasteiger partial charge in [-0.05, 0) is 30.7 Å². The molecule has 0 aliphatic rings. The molecule has 23 heavy (non-hydrogen) atoms. The molecule has 0 atom stereocenters. The maximum atomic E-state index is 12.4. The van der Waals surface area contributed by atoms with E-state index in [1.165, 1.54) is 22.7 Å². The number of aryl methyl sites for hydroxylation is 1. The van der Waals surface area contributed by atoms with E-state index in [4.69, 9.17) is 16.3 Å².